The lowest BCUT2D eigenvalue weighted by Crippen LogP contribution is -2.15. The van der Waals surface area contributed by atoms with E-state index in [4.69, 9.17) is 0 Å². The minimum Gasteiger partial charge on any atom is -0.508 e. The summed E-state index contributed by atoms with van der Waals surface area (Å²) in [5.41, 5.74) is 5.09. The molecule has 0 aliphatic heterocycles. The second-order valence-electron chi connectivity index (χ2n) is 6.38. The summed E-state index contributed by atoms with van der Waals surface area (Å²) in [7, 11) is 0. The highest BCUT2D eigenvalue weighted by molar-refractivity contribution is 5.74. The Morgan fingerprint density at radius 3 is 2.39 bits per heavy atom. The van der Waals surface area contributed by atoms with E-state index in [2.05, 4.69) is 33.8 Å². The SMILES string of the molecule is Cc1ccc(O)c(C(C)(C)C)c1C1=CCCCC1. The minimum absolute atomic E-state index is 0.0241. The number of aromatic hydroxyl groups is 1. The van der Waals surface area contributed by atoms with Gasteiger partial charge in [0.2, 0.25) is 0 Å². The van der Waals surface area contributed by atoms with Gasteiger partial charge in [0.05, 0.1) is 0 Å². The number of rotatable bonds is 1. The van der Waals surface area contributed by atoms with Crippen molar-refractivity contribution >= 4 is 5.57 Å². The van der Waals surface area contributed by atoms with Crippen molar-refractivity contribution in [3.8, 4) is 5.75 Å². The Labute approximate surface area is 111 Å². The summed E-state index contributed by atoms with van der Waals surface area (Å²) < 4.78 is 0. The molecule has 98 valence electrons. The highest BCUT2D eigenvalue weighted by Gasteiger charge is 2.25. The van der Waals surface area contributed by atoms with E-state index in [-0.39, 0.29) is 5.41 Å². The molecule has 18 heavy (non-hydrogen) atoms. The van der Waals surface area contributed by atoms with Crippen LogP contribution in [0.4, 0.5) is 0 Å². The van der Waals surface area contributed by atoms with Crippen molar-refractivity contribution < 1.29 is 5.11 Å². The fourth-order valence-electron chi connectivity index (χ4n) is 2.93. The molecule has 0 aromatic heterocycles. The molecule has 1 aliphatic carbocycles. The summed E-state index contributed by atoms with van der Waals surface area (Å²) in [5, 5.41) is 10.3. The molecule has 1 N–H and O–H groups in total. The van der Waals surface area contributed by atoms with Crippen LogP contribution in [0, 0.1) is 6.92 Å². The molecule has 0 atom stereocenters. The first-order chi connectivity index (χ1) is 8.41. The second-order valence-corrected chi connectivity index (χ2v) is 6.38. The lowest BCUT2D eigenvalue weighted by atomic mass is 9.77. The van der Waals surface area contributed by atoms with Crippen molar-refractivity contribution in [2.75, 3.05) is 0 Å². The lowest BCUT2D eigenvalue weighted by Gasteiger charge is -2.28. The second kappa shape index (κ2) is 4.79. The zero-order chi connectivity index (χ0) is 13.3. The minimum atomic E-state index is -0.0241. The van der Waals surface area contributed by atoms with Gasteiger partial charge in [-0.05, 0) is 60.8 Å². The first-order valence-corrected chi connectivity index (χ1v) is 6.93. The zero-order valence-electron chi connectivity index (χ0n) is 12.0. The number of phenols is 1. The predicted molar refractivity (Wildman–Crippen MR) is 78.0 cm³/mol. The monoisotopic (exact) mass is 244 g/mol. The van der Waals surface area contributed by atoms with Gasteiger partial charge in [0, 0.05) is 5.56 Å². The molecular weight excluding hydrogens is 220 g/mol. The van der Waals surface area contributed by atoms with Crippen molar-refractivity contribution in [2.24, 2.45) is 0 Å². The van der Waals surface area contributed by atoms with Gasteiger partial charge >= 0.3 is 0 Å². The maximum atomic E-state index is 10.3. The molecule has 0 saturated carbocycles. The molecule has 1 aromatic rings. The summed E-state index contributed by atoms with van der Waals surface area (Å²) in [6.07, 6.45) is 7.25. The van der Waals surface area contributed by atoms with Crippen molar-refractivity contribution in [3.63, 3.8) is 0 Å². The van der Waals surface area contributed by atoms with Gasteiger partial charge in [-0.15, -0.1) is 0 Å². The molecule has 0 heterocycles. The van der Waals surface area contributed by atoms with Crippen LogP contribution in [0.5, 0.6) is 5.75 Å². The molecule has 2 rings (SSSR count). The largest absolute Gasteiger partial charge is 0.508 e. The number of hydrogen-bond donors (Lipinski definition) is 1. The van der Waals surface area contributed by atoms with Gasteiger partial charge in [-0.3, -0.25) is 0 Å². The molecule has 1 aliphatic rings. The van der Waals surface area contributed by atoms with Crippen LogP contribution in [0.25, 0.3) is 5.57 Å². The van der Waals surface area contributed by atoms with E-state index in [9.17, 15) is 5.11 Å². The molecule has 0 bridgehead atoms. The molecule has 0 fully saturated rings. The number of phenolic OH excluding ortho intramolecular Hbond substituents is 1. The predicted octanol–water partition coefficient (Wildman–Crippen LogP) is 4.96. The Hall–Kier alpha value is -1.24. The molecule has 1 nitrogen and oxygen atoms in total. The van der Waals surface area contributed by atoms with Gasteiger partial charge in [-0.25, -0.2) is 0 Å². The van der Waals surface area contributed by atoms with Gasteiger partial charge in [0.1, 0.15) is 5.75 Å². The first kappa shape index (κ1) is 13.2. The van der Waals surface area contributed by atoms with Crippen molar-refractivity contribution in [1.82, 2.24) is 0 Å². The summed E-state index contributed by atoms with van der Waals surface area (Å²) in [4.78, 5) is 0. The number of allylic oxidation sites excluding steroid dienone is 2. The molecule has 0 unspecified atom stereocenters. The van der Waals surface area contributed by atoms with Crippen LogP contribution in [-0.4, -0.2) is 5.11 Å². The molecule has 0 radical (unpaired) electrons. The quantitative estimate of drug-likeness (QED) is 0.740. The number of hydrogen-bond acceptors (Lipinski definition) is 1. The normalized spacial score (nSPS) is 16.6. The standard InChI is InChI=1S/C17H24O/c1-12-10-11-14(18)16(17(2,3)4)15(12)13-8-6-5-7-9-13/h8,10-11,18H,5-7,9H2,1-4H3. The van der Waals surface area contributed by atoms with Crippen LogP contribution in [0.1, 0.15) is 63.1 Å². The Morgan fingerprint density at radius 2 is 1.83 bits per heavy atom. The number of benzene rings is 1. The molecule has 0 spiro atoms. The molecule has 0 amide bonds. The third kappa shape index (κ3) is 2.45. The van der Waals surface area contributed by atoms with Gasteiger partial charge in [0.15, 0.2) is 0 Å². The molecular formula is C17H24O. The van der Waals surface area contributed by atoms with E-state index in [0.717, 1.165) is 12.0 Å². The van der Waals surface area contributed by atoms with Crippen molar-refractivity contribution in [1.29, 1.82) is 0 Å². The molecule has 1 aromatic carbocycles. The Bertz CT molecular complexity index is 475. The summed E-state index contributed by atoms with van der Waals surface area (Å²) >= 11 is 0. The summed E-state index contributed by atoms with van der Waals surface area (Å²) in [6.45, 7) is 8.68. The average molecular weight is 244 g/mol. The molecule has 0 saturated heterocycles. The van der Waals surface area contributed by atoms with Gasteiger partial charge in [0.25, 0.3) is 0 Å². The average Bonchev–Trinajstić information content (AvgIpc) is 2.31. The van der Waals surface area contributed by atoms with E-state index < -0.39 is 0 Å². The van der Waals surface area contributed by atoms with Crippen LogP contribution in [0.2, 0.25) is 0 Å². The highest BCUT2D eigenvalue weighted by atomic mass is 16.3. The zero-order valence-corrected chi connectivity index (χ0v) is 12.0. The Balaban J connectivity index is 2.64. The third-order valence-electron chi connectivity index (χ3n) is 3.75. The van der Waals surface area contributed by atoms with E-state index in [1.54, 1.807) is 0 Å². The van der Waals surface area contributed by atoms with Crippen LogP contribution in [0.15, 0.2) is 18.2 Å². The van der Waals surface area contributed by atoms with Crippen LogP contribution in [0.3, 0.4) is 0 Å². The first-order valence-electron chi connectivity index (χ1n) is 6.93. The van der Waals surface area contributed by atoms with Gasteiger partial charge in [-0.1, -0.05) is 32.9 Å². The van der Waals surface area contributed by atoms with E-state index in [1.165, 1.54) is 36.0 Å². The molecule has 1 heteroatoms. The van der Waals surface area contributed by atoms with Gasteiger partial charge < -0.3 is 5.11 Å². The van der Waals surface area contributed by atoms with Crippen molar-refractivity contribution in [2.45, 2.75) is 58.8 Å². The Morgan fingerprint density at radius 1 is 1.11 bits per heavy atom. The van der Waals surface area contributed by atoms with Crippen LogP contribution >= 0.6 is 0 Å². The topological polar surface area (TPSA) is 20.2 Å². The maximum absolute atomic E-state index is 10.3. The van der Waals surface area contributed by atoms with E-state index in [1.807, 2.05) is 12.1 Å². The smallest absolute Gasteiger partial charge is 0.119 e. The number of aryl methyl sites for hydroxylation is 1. The van der Waals surface area contributed by atoms with Crippen LogP contribution in [-0.2, 0) is 5.41 Å². The Kier molecular flexibility index (Phi) is 3.52. The van der Waals surface area contributed by atoms with E-state index >= 15 is 0 Å². The van der Waals surface area contributed by atoms with Gasteiger partial charge in [-0.2, -0.15) is 0 Å². The van der Waals surface area contributed by atoms with Crippen LogP contribution < -0.4 is 0 Å². The van der Waals surface area contributed by atoms with E-state index in [0.29, 0.717) is 5.75 Å². The van der Waals surface area contributed by atoms with Crippen molar-refractivity contribution in [3.05, 3.63) is 34.9 Å². The summed E-state index contributed by atoms with van der Waals surface area (Å²) in [5.74, 6) is 0.439. The lowest BCUT2D eigenvalue weighted by molar-refractivity contribution is 0.445. The third-order valence-corrected chi connectivity index (χ3v) is 3.75. The summed E-state index contributed by atoms with van der Waals surface area (Å²) in [6, 6.07) is 3.87. The fraction of sp³-hybridized carbons (Fsp3) is 0.529. The maximum Gasteiger partial charge on any atom is 0.119 e. The highest BCUT2D eigenvalue weighted by Crippen LogP contribution is 2.41. The fourth-order valence-corrected chi connectivity index (χ4v) is 2.93.